The lowest BCUT2D eigenvalue weighted by Crippen LogP contribution is -2.21. The molecule has 2 aromatic heterocycles. The maximum Gasteiger partial charge on any atom is 0.222 e. The van der Waals surface area contributed by atoms with Crippen LogP contribution in [0.5, 0.6) is 11.6 Å². The molecular weight excluding hydrogens is 264 g/mol. The minimum absolute atomic E-state index is 0.320. The largest absolute Gasteiger partial charge is 0.435 e. The van der Waals surface area contributed by atoms with Gasteiger partial charge in [0.1, 0.15) is 0 Å². The lowest BCUT2D eigenvalue weighted by molar-refractivity contribution is 0.454. The molecule has 2 heterocycles. The fraction of sp³-hybridized carbons (Fsp3) is 0.500. The third-order valence-corrected chi connectivity index (χ3v) is 3.12. The first-order valence-electron chi connectivity index (χ1n) is 7.36. The highest BCUT2D eigenvalue weighted by molar-refractivity contribution is 5.32. The van der Waals surface area contributed by atoms with E-state index in [2.05, 4.69) is 49.2 Å². The predicted octanol–water partition coefficient (Wildman–Crippen LogP) is 3.46. The maximum absolute atomic E-state index is 5.81. The van der Waals surface area contributed by atoms with E-state index in [1.165, 1.54) is 0 Å². The summed E-state index contributed by atoms with van der Waals surface area (Å²) in [6.07, 6.45) is 5.46. The number of nitrogens with one attached hydrogen (secondary N) is 1. The Hall–Kier alpha value is -1.88. The number of pyridine rings is 1. The first-order chi connectivity index (χ1) is 9.95. The van der Waals surface area contributed by atoms with E-state index in [1.54, 1.807) is 6.20 Å². The Morgan fingerprint density at radius 2 is 2.00 bits per heavy atom. The van der Waals surface area contributed by atoms with Gasteiger partial charge in [-0.1, -0.05) is 13.8 Å². The third kappa shape index (κ3) is 4.29. The average molecular weight is 288 g/mol. The minimum Gasteiger partial charge on any atom is -0.435 e. The van der Waals surface area contributed by atoms with E-state index in [4.69, 9.17) is 4.74 Å². The molecule has 2 rings (SSSR count). The summed E-state index contributed by atoms with van der Waals surface area (Å²) < 4.78 is 7.67. The van der Waals surface area contributed by atoms with Gasteiger partial charge in [-0.25, -0.2) is 4.98 Å². The van der Waals surface area contributed by atoms with Gasteiger partial charge in [-0.2, -0.15) is 5.10 Å². The summed E-state index contributed by atoms with van der Waals surface area (Å²) in [5.41, 5.74) is 2.18. The van der Waals surface area contributed by atoms with Crippen LogP contribution in [0.3, 0.4) is 0 Å². The Morgan fingerprint density at radius 3 is 2.57 bits per heavy atom. The Labute approximate surface area is 126 Å². The first-order valence-corrected chi connectivity index (χ1v) is 7.36. The maximum atomic E-state index is 5.81. The van der Waals surface area contributed by atoms with Crippen LogP contribution in [0.4, 0.5) is 0 Å². The number of hydrogen-bond donors (Lipinski definition) is 1. The van der Waals surface area contributed by atoms with Crippen LogP contribution in [0.25, 0.3) is 0 Å². The van der Waals surface area contributed by atoms with Gasteiger partial charge in [-0.15, -0.1) is 0 Å². The molecule has 0 radical (unpaired) electrons. The molecule has 0 aliphatic heterocycles. The predicted molar refractivity (Wildman–Crippen MR) is 83.6 cm³/mol. The van der Waals surface area contributed by atoms with Crippen molar-refractivity contribution in [2.75, 3.05) is 0 Å². The van der Waals surface area contributed by atoms with Crippen molar-refractivity contribution in [3.63, 3.8) is 0 Å². The molecule has 0 unspecified atom stereocenters. The van der Waals surface area contributed by atoms with Crippen LogP contribution in [-0.4, -0.2) is 20.8 Å². The molecule has 0 spiro atoms. The van der Waals surface area contributed by atoms with Gasteiger partial charge in [0, 0.05) is 30.4 Å². The number of rotatable bonds is 6. The summed E-state index contributed by atoms with van der Waals surface area (Å²) in [4.78, 5) is 4.41. The van der Waals surface area contributed by atoms with Gasteiger partial charge in [0.15, 0.2) is 5.75 Å². The molecule has 0 fully saturated rings. The van der Waals surface area contributed by atoms with E-state index in [1.807, 2.05) is 24.0 Å². The van der Waals surface area contributed by atoms with Crippen molar-refractivity contribution in [2.45, 2.75) is 53.2 Å². The smallest absolute Gasteiger partial charge is 0.222 e. The number of aryl methyl sites for hydroxylation is 1. The molecule has 2 aromatic rings. The van der Waals surface area contributed by atoms with Gasteiger partial charge in [-0.05, 0) is 32.4 Å². The van der Waals surface area contributed by atoms with Gasteiger partial charge in [0.25, 0.3) is 0 Å². The molecule has 0 aliphatic rings. The molecule has 5 heteroatoms. The molecule has 0 aromatic carbocycles. The molecule has 0 amide bonds. The standard InChI is InChI=1S/C16H24N4O/c1-11(2)17-7-14-6-13(5)16(18-8-14)21-15-9-19-20(10-15)12(3)4/h6,8-12,17H,7H2,1-5H3. The topological polar surface area (TPSA) is 52.0 Å². The zero-order valence-electron chi connectivity index (χ0n) is 13.4. The van der Waals surface area contributed by atoms with Crippen LogP contribution < -0.4 is 10.1 Å². The zero-order valence-corrected chi connectivity index (χ0v) is 13.4. The summed E-state index contributed by atoms with van der Waals surface area (Å²) >= 11 is 0. The van der Waals surface area contributed by atoms with E-state index in [0.717, 1.165) is 17.7 Å². The van der Waals surface area contributed by atoms with E-state index in [0.29, 0.717) is 23.7 Å². The van der Waals surface area contributed by atoms with Crippen LogP contribution in [0, 0.1) is 6.92 Å². The molecular formula is C16H24N4O. The monoisotopic (exact) mass is 288 g/mol. The number of aromatic nitrogens is 3. The highest BCUT2D eigenvalue weighted by atomic mass is 16.5. The molecule has 0 saturated heterocycles. The van der Waals surface area contributed by atoms with Crippen LogP contribution in [-0.2, 0) is 6.54 Å². The Kier molecular flexibility index (Phi) is 4.96. The summed E-state index contributed by atoms with van der Waals surface area (Å²) in [5.74, 6) is 1.35. The molecule has 0 aliphatic carbocycles. The second kappa shape index (κ2) is 6.72. The van der Waals surface area contributed by atoms with Gasteiger partial charge in [-0.3, -0.25) is 4.68 Å². The average Bonchev–Trinajstić information content (AvgIpc) is 2.88. The van der Waals surface area contributed by atoms with Crippen LogP contribution in [0.2, 0.25) is 0 Å². The van der Waals surface area contributed by atoms with Gasteiger partial charge < -0.3 is 10.1 Å². The summed E-state index contributed by atoms with van der Waals surface area (Å²) in [7, 11) is 0. The van der Waals surface area contributed by atoms with Gasteiger partial charge in [0.2, 0.25) is 5.88 Å². The number of nitrogens with zero attached hydrogens (tertiary/aromatic N) is 3. The molecule has 0 atom stereocenters. The quantitative estimate of drug-likeness (QED) is 0.884. The highest BCUT2D eigenvalue weighted by Crippen LogP contribution is 2.23. The molecule has 21 heavy (non-hydrogen) atoms. The van der Waals surface area contributed by atoms with Crippen molar-refractivity contribution in [3.8, 4) is 11.6 Å². The van der Waals surface area contributed by atoms with Crippen LogP contribution >= 0.6 is 0 Å². The van der Waals surface area contributed by atoms with E-state index < -0.39 is 0 Å². The molecule has 0 saturated carbocycles. The molecule has 114 valence electrons. The first kappa shape index (κ1) is 15.5. The number of ether oxygens (including phenoxy) is 1. The fourth-order valence-electron chi connectivity index (χ4n) is 1.91. The Balaban J connectivity index is 2.06. The van der Waals surface area contributed by atoms with Crippen LogP contribution in [0.1, 0.15) is 44.9 Å². The van der Waals surface area contributed by atoms with Crippen molar-refractivity contribution in [3.05, 3.63) is 35.8 Å². The van der Waals surface area contributed by atoms with Gasteiger partial charge >= 0.3 is 0 Å². The second-order valence-corrected chi connectivity index (χ2v) is 5.85. The van der Waals surface area contributed by atoms with Crippen molar-refractivity contribution in [1.29, 1.82) is 0 Å². The van der Waals surface area contributed by atoms with Gasteiger partial charge in [0.05, 0.1) is 12.4 Å². The summed E-state index contributed by atoms with van der Waals surface area (Å²) in [5, 5.41) is 7.64. The highest BCUT2D eigenvalue weighted by Gasteiger charge is 2.08. The third-order valence-electron chi connectivity index (χ3n) is 3.12. The van der Waals surface area contributed by atoms with Crippen molar-refractivity contribution < 1.29 is 4.74 Å². The summed E-state index contributed by atoms with van der Waals surface area (Å²) in [6.45, 7) is 11.2. The van der Waals surface area contributed by atoms with E-state index in [9.17, 15) is 0 Å². The normalized spacial score (nSPS) is 11.4. The summed E-state index contributed by atoms with van der Waals surface area (Å²) in [6, 6.07) is 2.88. The van der Waals surface area contributed by atoms with Crippen molar-refractivity contribution in [1.82, 2.24) is 20.1 Å². The lowest BCUT2D eigenvalue weighted by atomic mass is 10.2. The van der Waals surface area contributed by atoms with Crippen LogP contribution in [0.15, 0.2) is 24.7 Å². The second-order valence-electron chi connectivity index (χ2n) is 5.85. The molecule has 0 bridgehead atoms. The van der Waals surface area contributed by atoms with E-state index in [-0.39, 0.29) is 0 Å². The fourth-order valence-corrected chi connectivity index (χ4v) is 1.91. The van der Waals surface area contributed by atoms with Crippen molar-refractivity contribution >= 4 is 0 Å². The Morgan fingerprint density at radius 1 is 1.24 bits per heavy atom. The Bertz CT molecular complexity index is 590. The molecule has 5 nitrogen and oxygen atoms in total. The zero-order chi connectivity index (χ0) is 15.4. The minimum atomic E-state index is 0.320. The lowest BCUT2D eigenvalue weighted by Gasteiger charge is -2.10. The molecule has 1 N–H and O–H groups in total. The van der Waals surface area contributed by atoms with Crippen molar-refractivity contribution in [2.24, 2.45) is 0 Å². The van der Waals surface area contributed by atoms with E-state index >= 15 is 0 Å². The SMILES string of the molecule is Cc1cc(CNC(C)C)cnc1Oc1cnn(C(C)C)c1. The number of hydrogen-bond acceptors (Lipinski definition) is 4.